The zero-order valence-corrected chi connectivity index (χ0v) is 13.7. The van der Waals surface area contributed by atoms with Crippen LogP contribution in [0.25, 0.3) is 31.9 Å². The van der Waals surface area contributed by atoms with Crippen molar-refractivity contribution in [1.82, 2.24) is 0 Å². The number of nitrogens with zero attached hydrogens (tertiary/aromatic N) is 2. The van der Waals surface area contributed by atoms with Gasteiger partial charge in [0.05, 0.1) is 13.1 Å². The molecule has 0 amide bonds. The van der Waals surface area contributed by atoms with E-state index in [4.69, 9.17) is 13.1 Å². The largest absolute Gasteiger partial charge is 0.250 e. The molecule has 0 fully saturated rings. The van der Waals surface area contributed by atoms with Crippen LogP contribution in [-0.4, -0.2) is 0 Å². The third kappa shape index (κ3) is 2.91. The molecule has 3 rings (SSSR count). The summed E-state index contributed by atoms with van der Waals surface area (Å²) in [5.74, 6) is 0. The second-order valence-corrected chi connectivity index (χ2v) is 5.85. The quantitative estimate of drug-likeness (QED) is 0.463. The summed E-state index contributed by atoms with van der Waals surface area (Å²) in [6.45, 7) is 18.9. The van der Waals surface area contributed by atoms with Crippen LogP contribution < -0.4 is 0 Å². The van der Waals surface area contributed by atoms with Crippen LogP contribution >= 0.6 is 0 Å². The second kappa shape index (κ2) is 6.41. The van der Waals surface area contributed by atoms with Crippen molar-refractivity contribution >= 4 is 11.4 Å². The van der Waals surface area contributed by atoms with Crippen molar-refractivity contribution < 1.29 is 0 Å². The van der Waals surface area contributed by atoms with E-state index >= 15 is 0 Å². The molecule has 0 unspecified atom stereocenters. The smallest absolute Gasteiger partial charge is 0.195 e. The van der Waals surface area contributed by atoms with E-state index in [1.54, 1.807) is 0 Å². The molecule has 3 aromatic carbocycles. The lowest BCUT2D eigenvalue weighted by Crippen LogP contribution is -1.87. The van der Waals surface area contributed by atoms with Gasteiger partial charge in [0, 0.05) is 0 Å². The van der Waals surface area contributed by atoms with Gasteiger partial charge in [0.15, 0.2) is 11.4 Å². The van der Waals surface area contributed by atoms with Gasteiger partial charge in [0.1, 0.15) is 0 Å². The molecule has 2 nitrogen and oxygen atoms in total. The molecule has 0 aliphatic rings. The van der Waals surface area contributed by atoms with Crippen LogP contribution in [0.1, 0.15) is 11.1 Å². The first kappa shape index (κ1) is 15.5. The lowest BCUT2D eigenvalue weighted by molar-refractivity contribution is 1.45. The summed E-state index contributed by atoms with van der Waals surface area (Å²) in [4.78, 5) is 7.08. The predicted molar refractivity (Wildman–Crippen MR) is 99.3 cm³/mol. The van der Waals surface area contributed by atoms with Gasteiger partial charge in [-0.25, -0.2) is 0 Å². The van der Waals surface area contributed by atoms with Gasteiger partial charge in [0.25, 0.3) is 0 Å². The maximum atomic E-state index is 7.38. The van der Waals surface area contributed by atoms with Crippen LogP contribution in [0, 0.1) is 27.0 Å². The fourth-order valence-electron chi connectivity index (χ4n) is 2.86. The first-order valence-electron chi connectivity index (χ1n) is 7.69. The van der Waals surface area contributed by atoms with Crippen molar-refractivity contribution in [3.05, 3.63) is 94.6 Å². The standard InChI is InChI=1S/C22H16N2/c1-15-7-5-9-17(11-15)19-13-21(23-3)22(24-4)14-20(19)18-10-6-8-16(2)12-18/h5-14H,1-2H3. The molecular weight excluding hydrogens is 292 g/mol. The van der Waals surface area contributed by atoms with Gasteiger partial charge in [-0.2, -0.15) is 0 Å². The molecule has 114 valence electrons. The molecule has 0 atom stereocenters. The second-order valence-electron chi connectivity index (χ2n) is 5.85. The molecule has 0 aliphatic heterocycles. The molecular formula is C22H16N2. The molecule has 3 aromatic rings. The van der Waals surface area contributed by atoms with E-state index in [1.807, 2.05) is 36.4 Å². The van der Waals surface area contributed by atoms with Gasteiger partial charge >= 0.3 is 0 Å². The number of hydrogen-bond acceptors (Lipinski definition) is 0. The molecule has 0 saturated carbocycles. The Balaban J connectivity index is 2.34. The van der Waals surface area contributed by atoms with Gasteiger partial charge in [-0.15, -0.1) is 0 Å². The number of aryl methyl sites for hydroxylation is 2. The minimum absolute atomic E-state index is 0.401. The minimum Gasteiger partial charge on any atom is -0.250 e. The van der Waals surface area contributed by atoms with E-state index in [9.17, 15) is 0 Å². The lowest BCUT2D eigenvalue weighted by atomic mass is 9.92. The third-order valence-electron chi connectivity index (χ3n) is 4.01. The maximum absolute atomic E-state index is 7.38. The maximum Gasteiger partial charge on any atom is 0.195 e. The van der Waals surface area contributed by atoms with E-state index in [1.165, 1.54) is 11.1 Å². The fraction of sp³-hybridized carbons (Fsp3) is 0.0909. The van der Waals surface area contributed by atoms with Gasteiger partial charge in [-0.3, -0.25) is 9.69 Å². The first-order valence-corrected chi connectivity index (χ1v) is 7.69. The van der Waals surface area contributed by atoms with Crippen LogP contribution in [0.3, 0.4) is 0 Å². The van der Waals surface area contributed by atoms with Crippen LogP contribution in [-0.2, 0) is 0 Å². The Hall–Kier alpha value is -3.36. The Morgan fingerprint density at radius 3 is 1.38 bits per heavy atom. The highest BCUT2D eigenvalue weighted by Crippen LogP contribution is 2.41. The van der Waals surface area contributed by atoms with E-state index in [0.29, 0.717) is 11.4 Å². The van der Waals surface area contributed by atoms with Gasteiger partial charge in [-0.05, 0) is 36.1 Å². The molecule has 0 bridgehead atoms. The fourth-order valence-corrected chi connectivity index (χ4v) is 2.86. The Morgan fingerprint density at radius 2 is 1.04 bits per heavy atom. The van der Waals surface area contributed by atoms with Crippen LogP contribution in [0.2, 0.25) is 0 Å². The summed E-state index contributed by atoms with van der Waals surface area (Å²) in [5.41, 5.74) is 7.24. The Bertz CT molecular complexity index is 919. The van der Waals surface area contributed by atoms with Crippen molar-refractivity contribution in [2.24, 2.45) is 0 Å². The average Bonchev–Trinajstić information content (AvgIpc) is 2.60. The molecule has 0 aromatic heterocycles. The highest BCUT2D eigenvalue weighted by molar-refractivity contribution is 5.91. The summed E-state index contributed by atoms with van der Waals surface area (Å²) in [7, 11) is 0. The van der Waals surface area contributed by atoms with Crippen LogP contribution in [0.15, 0.2) is 60.7 Å². The van der Waals surface area contributed by atoms with Gasteiger partial charge in [0.2, 0.25) is 0 Å². The summed E-state index contributed by atoms with van der Waals surface area (Å²) < 4.78 is 0. The highest BCUT2D eigenvalue weighted by Gasteiger charge is 2.13. The van der Waals surface area contributed by atoms with Crippen molar-refractivity contribution in [1.29, 1.82) is 0 Å². The molecule has 0 saturated heterocycles. The predicted octanol–water partition coefficient (Wildman–Crippen LogP) is 6.74. The summed E-state index contributed by atoms with van der Waals surface area (Å²) in [6, 6.07) is 20.1. The van der Waals surface area contributed by atoms with Crippen LogP contribution in [0.5, 0.6) is 0 Å². The summed E-state index contributed by atoms with van der Waals surface area (Å²) in [5, 5.41) is 0. The van der Waals surface area contributed by atoms with E-state index < -0.39 is 0 Å². The van der Waals surface area contributed by atoms with Crippen molar-refractivity contribution in [3.8, 4) is 22.3 Å². The molecule has 0 N–H and O–H groups in total. The van der Waals surface area contributed by atoms with Crippen LogP contribution in [0.4, 0.5) is 11.4 Å². The van der Waals surface area contributed by atoms with Gasteiger partial charge in [-0.1, -0.05) is 71.8 Å². The summed E-state index contributed by atoms with van der Waals surface area (Å²) >= 11 is 0. The molecule has 0 spiro atoms. The number of benzene rings is 3. The Kier molecular flexibility index (Phi) is 4.15. The van der Waals surface area contributed by atoms with Gasteiger partial charge < -0.3 is 0 Å². The molecule has 2 heteroatoms. The normalized spacial score (nSPS) is 10.0. The minimum atomic E-state index is 0.401. The SMILES string of the molecule is [C-]#[N+]c1cc(-c2cccc(C)c2)c(-c2cccc(C)c2)cc1[N+]#[C-]. The molecule has 0 heterocycles. The Morgan fingerprint density at radius 1 is 0.625 bits per heavy atom. The summed E-state index contributed by atoms with van der Waals surface area (Å²) in [6.07, 6.45) is 0. The van der Waals surface area contributed by atoms with Crippen molar-refractivity contribution in [2.45, 2.75) is 13.8 Å². The highest BCUT2D eigenvalue weighted by atomic mass is 14.7. The first-order chi connectivity index (χ1) is 11.6. The Labute approximate surface area is 142 Å². The average molecular weight is 308 g/mol. The molecule has 0 aliphatic carbocycles. The molecule has 0 radical (unpaired) electrons. The number of hydrogen-bond donors (Lipinski definition) is 0. The lowest BCUT2D eigenvalue weighted by Gasteiger charge is -2.14. The number of rotatable bonds is 2. The zero-order valence-electron chi connectivity index (χ0n) is 13.7. The van der Waals surface area contributed by atoms with Crippen molar-refractivity contribution in [2.75, 3.05) is 0 Å². The third-order valence-corrected chi connectivity index (χ3v) is 4.01. The zero-order chi connectivity index (χ0) is 17.1. The topological polar surface area (TPSA) is 8.72 Å². The van der Waals surface area contributed by atoms with E-state index in [0.717, 1.165) is 22.3 Å². The van der Waals surface area contributed by atoms with Crippen molar-refractivity contribution in [3.63, 3.8) is 0 Å². The molecule has 24 heavy (non-hydrogen) atoms. The van der Waals surface area contributed by atoms with E-state index in [2.05, 4.69) is 47.8 Å². The van der Waals surface area contributed by atoms with E-state index in [-0.39, 0.29) is 0 Å². The monoisotopic (exact) mass is 308 g/mol.